The van der Waals surface area contributed by atoms with Crippen LogP contribution in [0.3, 0.4) is 0 Å². The predicted molar refractivity (Wildman–Crippen MR) is 84.3 cm³/mol. The second-order valence-corrected chi connectivity index (χ2v) is 6.01. The van der Waals surface area contributed by atoms with Crippen molar-refractivity contribution in [2.24, 2.45) is 0 Å². The van der Waals surface area contributed by atoms with Gasteiger partial charge in [-0.05, 0) is 46.6 Å². The van der Waals surface area contributed by atoms with E-state index >= 15 is 0 Å². The van der Waals surface area contributed by atoms with Gasteiger partial charge in [-0.2, -0.15) is 0 Å². The van der Waals surface area contributed by atoms with Gasteiger partial charge in [0.05, 0.1) is 11.6 Å². The van der Waals surface area contributed by atoms with Gasteiger partial charge in [0.2, 0.25) is 0 Å². The van der Waals surface area contributed by atoms with Gasteiger partial charge in [0, 0.05) is 26.9 Å². The van der Waals surface area contributed by atoms with Gasteiger partial charge in [-0.1, -0.05) is 29.3 Å². The number of carbonyl (C=O) groups is 1. The van der Waals surface area contributed by atoms with E-state index in [0.717, 1.165) is 10.0 Å². The van der Waals surface area contributed by atoms with Crippen molar-refractivity contribution in [2.75, 3.05) is 0 Å². The van der Waals surface area contributed by atoms with Gasteiger partial charge in [0.25, 0.3) is 5.91 Å². The second-order valence-electron chi connectivity index (χ2n) is 4.25. The summed E-state index contributed by atoms with van der Waals surface area (Å²) < 4.78 is 0.752. The maximum atomic E-state index is 12.1. The molecule has 2 aromatic rings. The van der Waals surface area contributed by atoms with Crippen LogP contribution in [0, 0.1) is 0 Å². The molecule has 6 heteroatoms. The first-order chi connectivity index (χ1) is 9.47. The molecule has 1 aromatic carbocycles. The summed E-state index contributed by atoms with van der Waals surface area (Å²) in [7, 11) is 0. The van der Waals surface area contributed by atoms with Crippen LogP contribution in [0.5, 0.6) is 0 Å². The van der Waals surface area contributed by atoms with Crippen LogP contribution < -0.4 is 5.32 Å². The molecular weight excluding hydrogens is 363 g/mol. The number of hydrogen-bond acceptors (Lipinski definition) is 2. The lowest BCUT2D eigenvalue weighted by Gasteiger charge is -2.16. The molecule has 0 aliphatic heterocycles. The number of hydrogen-bond donors (Lipinski definition) is 1. The lowest BCUT2D eigenvalue weighted by Crippen LogP contribution is -2.26. The topological polar surface area (TPSA) is 42.0 Å². The van der Waals surface area contributed by atoms with Crippen LogP contribution in [0.4, 0.5) is 0 Å². The molecule has 0 bridgehead atoms. The van der Waals surface area contributed by atoms with Crippen molar-refractivity contribution in [2.45, 2.75) is 13.0 Å². The Hall–Kier alpha value is -1.10. The van der Waals surface area contributed by atoms with Crippen molar-refractivity contribution in [3.05, 3.63) is 62.3 Å². The Balaban J connectivity index is 2.15. The van der Waals surface area contributed by atoms with Gasteiger partial charge >= 0.3 is 0 Å². The van der Waals surface area contributed by atoms with E-state index in [1.54, 1.807) is 30.5 Å². The summed E-state index contributed by atoms with van der Waals surface area (Å²) in [4.78, 5) is 16.1. The standard InChI is InChI=1S/C14H11BrCl2N2O/c1-8(12-3-2-11(16)5-13(12)17)19-14(20)9-4-10(15)7-18-6-9/h2-8H,1H3,(H,19,20). The number of amides is 1. The monoisotopic (exact) mass is 372 g/mol. The molecule has 0 aliphatic carbocycles. The zero-order valence-electron chi connectivity index (χ0n) is 10.5. The fraction of sp³-hybridized carbons (Fsp3) is 0.143. The molecule has 2 rings (SSSR count). The molecule has 3 nitrogen and oxygen atoms in total. The number of nitrogens with zero attached hydrogens (tertiary/aromatic N) is 1. The fourth-order valence-corrected chi connectivity index (χ4v) is 2.68. The van der Waals surface area contributed by atoms with Crippen molar-refractivity contribution >= 4 is 45.0 Å². The highest BCUT2D eigenvalue weighted by atomic mass is 79.9. The van der Waals surface area contributed by atoms with Crippen molar-refractivity contribution in [3.8, 4) is 0 Å². The largest absolute Gasteiger partial charge is 0.345 e. The molecule has 1 unspecified atom stereocenters. The van der Waals surface area contributed by atoms with Gasteiger partial charge in [0.15, 0.2) is 0 Å². The van der Waals surface area contributed by atoms with Crippen LogP contribution in [-0.4, -0.2) is 10.9 Å². The van der Waals surface area contributed by atoms with Crippen LogP contribution in [0.2, 0.25) is 10.0 Å². The molecule has 1 heterocycles. The maximum absolute atomic E-state index is 12.1. The van der Waals surface area contributed by atoms with E-state index in [2.05, 4.69) is 26.2 Å². The first-order valence-corrected chi connectivity index (χ1v) is 7.38. The normalized spacial score (nSPS) is 12.0. The molecule has 0 radical (unpaired) electrons. The van der Waals surface area contributed by atoms with Crippen molar-refractivity contribution < 1.29 is 4.79 Å². The number of nitrogens with one attached hydrogen (secondary N) is 1. The summed E-state index contributed by atoms with van der Waals surface area (Å²) in [6, 6.07) is 6.67. The molecule has 0 saturated heterocycles. The van der Waals surface area contributed by atoms with E-state index in [9.17, 15) is 4.79 Å². The first-order valence-electron chi connectivity index (χ1n) is 5.83. The van der Waals surface area contributed by atoms with Crippen LogP contribution in [0.15, 0.2) is 41.1 Å². The third-order valence-electron chi connectivity index (χ3n) is 2.74. The van der Waals surface area contributed by atoms with Crippen LogP contribution in [0.25, 0.3) is 0 Å². The highest BCUT2D eigenvalue weighted by Crippen LogP contribution is 2.26. The molecule has 104 valence electrons. The highest BCUT2D eigenvalue weighted by molar-refractivity contribution is 9.10. The van der Waals surface area contributed by atoms with E-state index in [-0.39, 0.29) is 11.9 Å². The Morgan fingerprint density at radius 3 is 2.70 bits per heavy atom. The third kappa shape index (κ3) is 3.72. The van der Waals surface area contributed by atoms with Gasteiger partial charge in [-0.25, -0.2) is 0 Å². The van der Waals surface area contributed by atoms with Crippen molar-refractivity contribution in [1.82, 2.24) is 10.3 Å². The number of benzene rings is 1. The van der Waals surface area contributed by atoms with Gasteiger partial charge < -0.3 is 5.32 Å². The van der Waals surface area contributed by atoms with E-state index in [0.29, 0.717) is 15.6 Å². The molecule has 20 heavy (non-hydrogen) atoms. The molecule has 0 aliphatic rings. The van der Waals surface area contributed by atoms with E-state index in [1.807, 2.05) is 6.92 Å². The summed E-state index contributed by atoms with van der Waals surface area (Å²) in [6.45, 7) is 1.86. The van der Waals surface area contributed by atoms with Crippen LogP contribution >= 0.6 is 39.1 Å². The van der Waals surface area contributed by atoms with Crippen molar-refractivity contribution in [3.63, 3.8) is 0 Å². The minimum Gasteiger partial charge on any atom is -0.345 e. The molecular formula is C14H11BrCl2N2O. The van der Waals surface area contributed by atoms with Gasteiger partial charge in [-0.3, -0.25) is 9.78 Å². The summed E-state index contributed by atoms with van der Waals surface area (Å²) in [5.74, 6) is -0.211. The Kier molecular flexibility index (Phi) is 5.02. The lowest BCUT2D eigenvalue weighted by molar-refractivity contribution is 0.0939. The Bertz CT molecular complexity index is 649. The molecule has 0 spiro atoms. The number of aromatic nitrogens is 1. The number of halogens is 3. The third-order valence-corrected chi connectivity index (χ3v) is 3.74. The Morgan fingerprint density at radius 2 is 2.05 bits per heavy atom. The Labute approximate surface area is 135 Å². The lowest BCUT2D eigenvalue weighted by atomic mass is 10.1. The summed E-state index contributed by atoms with van der Waals surface area (Å²) in [5, 5.41) is 3.96. The van der Waals surface area contributed by atoms with E-state index in [1.165, 1.54) is 6.20 Å². The van der Waals surface area contributed by atoms with E-state index in [4.69, 9.17) is 23.2 Å². The van der Waals surface area contributed by atoms with Crippen LogP contribution in [0.1, 0.15) is 28.9 Å². The minimum atomic E-state index is -0.230. The second kappa shape index (κ2) is 6.57. The summed E-state index contributed by atoms with van der Waals surface area (Å²) >= 11 is 15.3. The SMILES string of the molecule is CC(NC(=O)c1cncc(Br)c1)c1ccc(Cl)cc1Cl. The zero-order chi connectivity index (χ0) is 14.7. The molecule has 0 saturated carbocycles. The highest BCUT2D eigenvalue weighted by Gasteiger charge is 2.14. The van der Waals surface area contributed by atoms with Gasteiger partial charge in [0.1, 0.15) is 0 Å². The first kappa shape index (κ1) is 15.3. The van der Waals surface area contributed by atoms with Crippen molar-refractivity contribution in [1.29, 1.82) is 0 Å². The molecule has 1 N–H and O–H groups in total. The van der Waals surface area contributed by atoms with Gasteiger partial charge in [-0.15, -0.1) is 0 Å². The number of pyridine rings is 1. The van der Waals surface area contributed by atoms with E-state index < -0.39 is 0 Å². The quantitative estimate of drug-likeness (QED) is 0.851. The summed E-state index contributed by atoms with van der Waals surface area (Å²) in [6.07, 6.45) is 3.13. The maximum Gasteiger partial charge on any atom is 0.253 e. The minimum absolute atomic E-state index is 0.211. The Morgan fingerprint density at radius 1 is 1.30 bits per heavy atom. The molecule has 1 atom stereocenters. The summed E-state index contributed by atoms with van der Waals surface area (Å²) in [5.41, 5.74) is 1.30. The average molecular weight is 374 g/mol. The molecule has 0 fully saturated rings. The average Bonchev–Trinajstić information content (AvgIpc) is 2.38. The van der Waals surface area contributed by atoms with Crippen LogP contribution in [-0.2, 0) is 0 Å². The smallest absolute Gasteiger partial charge is 0.253 e. The predicted octanol–water partition coefficient (Wildman–Crippen LogP) is 4.64. The number of rotatable bonds is 3. The number of carbonyl (C=O) groups excluding carboxylic acids is 1. The zero-order valence-corrected chi connectivity index (χ0v) is 13.6. The molecule has 1 aromatic heterocycles. The fourth-order valence-electron chi connectivity index (χ4n) is 1.75. The molecule has 1 amide bonds.